The Hall–Kier alpha value is -0.562. The molecule has 6 aliphatic rings. The Bertz CT molecular complexity index is 1080. The summed E-state index contributed by atoms with van der Waals surface area (Å²) in [5.74, 6) is -0.0625. The Morgan fingerprint density at radius 3 is 0.881 bits per heavy atom. The van der Waals surface area contributed by atoms with E-state index in [2.05, 4.69) is 0 Å². The van der Waals surface area contributed by atoms with Crippen molar-refractivity contribution in [3.63, 3.8) is 0 Å². The molecule has 59 heavy (non-hydrogen) atoms. The minimum Gasteiger partial charge on any atom is -0.512 e. The van der Waals surface area contributed by atoms with Gasteiger partial charge in [0.2, 0.25) is 0 Å². The van der Waals surface area contributed by atoms with E-state index in [1.165, 1.54) is 92.4 Å². The molecule has 6 aliphatic carbocycles. The van der Waals surface area contributed by atoms with Gasteiger partial charge in [0.15, 0.2) is 5.78 Å². The van der Waals surface area contributed by atoms with E-state index in [0.29, 0.717) is 15.8 Å². The van der Waals surface area contributed by atoms with Gasteiger partial charge in [0.1, 0.15) is 0 Å². The number of halogens is 4. The number of rotatable bonds is 8. The third kappa shape index (κ3) is 24.2. The number of hydrogen-bond acceptors (Lipinski definition) is 2. The van der Waals surface area contributed by atoms with E-state index in [0.717, 1.165) is 5.56 Å². The van der Waals surface area contributed by atoms with Gasteiger partial charge in [-0.2, -0.15) is 5.56 Å². The maximum absolute atomic E-state index is 10.0. The van der Waals surface area contributed by atoms with E-state index in [-0.39, 0.29) is 31.0 Å². The average molecular weight is 954 g/mol. The van der Waals surface area contributed by atoms with Crippen LogP contribution in [-0.2, 0) is 24.3 Å². The second-order valence-corrected chi connectivity index (χ2v) is 24.3. The average Bonchev–Trinajstić information content (AvgIpc) is 3.23. The summed E-state index contributed by atoms with van der Waals surface area (Å²) in [5.41, 5.74) is 8.20. The first-order valence-electron chi connectivity index (χ1n) is 23.9. The van der Waals surface area contributed by atoms with E-state index < -0.39 is 7.25 Å². The number of aliphatic hydroxyl groups is 1. The van der Waals surface area contributed by atoms with Gasteiger partial charge in [0.25, 0.3) is 0 Å². The quantitative estimate of drug-likeness (QED) is 0.0704. The van der Waals surface area contributed by atoms with Crippen molar-refractivity contribution in [2.45, 2.75) is 240 Å². The normalized spacial score (nSPS) is 22.1. The molecule has 339 valence electrons. The summed E-state index contributed by atoms with van der Waals surface area (Å²) in [4.78, 5) is 10.0. The molecule has 0 bridgehead atoms. The van der Waals surface area contributed by atoms with E-state index in [9.17, 15) is 22.1 Å². The van der Waals surface area contributed by atoms with Crippen molar-refractivity contribution in [2.24, 2.45) is 0 Å². The Morgan fingerprint density at radius 2 is 0.746 bits per heavy atom. The predicted molar refractivity (Wildman–Crippen MR) is 248 cm³/mol. The molecular weight excluding hydrogens is 872 g/mol. The summed E-state index contributed by atoms with van der Waals surface area (Å²) in [6, 6.07) is 9.80. The molecule has 0 heterocycles. The van der Waals surface area contributed by atoms with Gasteiger partial charge >= 0.3 is 26.7 Å². The zero-order valence-electron chi connectivity index (χ0n) is 37.0. The minimum absolute atomic E-state index is 0. The van der Waals surface area contributed by atoms with Crippen LogP contribution in [0, 0.1) is 6.58 Å². The molecule has 0 aromatic heterocycles. The fourth-order valence-electron chi connectivity index (χ4n) is 10.9. The van der Waals surface area contributed by atoms with E-state index in [1.807, 2.05) is 30.3 Å². The minimum atomic E-state index is -6.00. The maximum atomic E-state index is 10.0. The van der Waals surface area contributed by atoms with Crippen LogP contribution in [0.1, 0.15) is 212 Å². The summed E-state index contributed by atoms with van der Waals surface area (Å²) >= 11 is 0. The summed E-state index contributed by atoms with van der Waals surface area (Å²) in [5, 5.41) is 8.36. The molecule has 1 aromatic rings. The number of benzene rings is 1. The zero-order valence-corrected chi connectivity index (χ0v) is 40.4. The van der Waals surface area contributed by atoms with Gasteiger partial charge < -0.3 is 22.4 Å². The molecule has 2 nitrogen and oxygen atoms in total. The molecule has 6 fully saturated rings. The Kier molecular flexibility index (Phi) is 29.7. The standard InChI is InChI=1S/2C18H33P.C8H7.C5H8O2.BF4.Rh/c2*1-4-10-16(11-5-1)19(17-12-6-2-7-13-17)18-14-8-3-9-15-18;1-2-8-6-4-3-5-7-8;1-4(6)3-5(2)7;2-1(3,4)5;/h2*16-18H,1-15H2;1-7H;3,6H,1-2H3;;/q;;-1;;-1;+2/b;;;4-3-;;. The van der Waals surface area contributed by atoms with Gasteiger partial charge in [-0.3, -0.25) is 11.4 Å². The van der Waals surface area contributed by atoms with Gasteiger partial charge in [-0.25, -0.2) is 6.08 Å². The second kappa shape index (κ2) is 32.1. The molecule has 10 heteroatoms. The third-order valence-electron chi connectivity index (χ3n) is 13.4. The fraction of sp³-hybridized carbons (Fsp3) is 0.776. The van der Waals surface area contributed by atoms with Gasteiger partial charge in [0.05, 0.1) is 5.76 Å². The van der Waals surface area contributed by atoms with E-state index >= 15 is 0 Å². The van der Waals surface area contributed by atoms with Gasteiger partial charge in [-0.15, -0.1) is 12.1 Å². The molecule has 0 saturated heterocycles. The zero-order chi connectivity index (χ0) is 42.0. The number of carbonyl (C=O) groups is 1. The molecule has 1 radical (unpaired) electrons. The second-order valence-electron chi connectivity index (χ2n) is 18.1. The number of carbonyl (C=O) groups excluding carboxylic acids is 1. The first kappa shape index (κ1) is 54.6. The van der Waals surface area contributed by atoms with Crippen molar-refractivity contribution in [1.29, 1.82) is 0 Å². The SMILES string of the molecule is C1CCC(P(C2CCCCC2)C2CCCCC2)CC1.C1CCC(P(C2CCCCC2)C2CCCCC2)CC1.CC(=O)/C=C(/C)O.F[B-](F)(F)F.[CH-]=Cc1ccccc1.[Rh+2]. The van der Waals surface area contributed by atoms with Crippen LogP contribution in [0.15, 0.2) is 42.2 Å². The number of aliphatic hydroxyl groups excluding tert-OH is 1. The van der Waals surface area contributed by atoms with Gasteiger partial charge in [0, 0.05) is 6.08 Å². The van der Waals surface area contributed by atoms with Crippen LogP contribution < -0.4 is 0 Å². The van der Waals surface area contributed by atoms with Crippen LogP contribution in [0.25, 0.3) is 6.08 Å². The molecular formula is C49H81BF4O2P2Rh. The van der Waals surface area contributed by atoms with Crippen molar-refractivity contribution in [3.05, 3.63) is 54.3 Å². The summed E-state index contributed by atoms with van der Waals surface area (Å²) in [6.07, 6.45) is 50.0. The van der Waals surface area contributed by atoms with Crippen LogP contribution in [0.4, 0.5) is 17.3 Å². The van der Waals surface area contributed by atoms with Crippen molar-refractivity contribution >= 4 is 35.0 Å². The molecule has 0 unspecified atom stereocenters. The number of allylic oxidation sites excluding steroid dienone is 2. The van der Waals surface area contributed by atoms with Gasteiger partial charge in [-0.05, 0) is 125 Å². The van der Waals surface area contributed by atoms with Crippen LogP contribution in [0.5, 0.6) is 0 Å². The molecule has 0 amide bonds. The smallest absolute Gasteiger partial charge is 0.512 e. The topological polar surface area (TPSA) is 37.3 Å². The van der Waals surface area contributed by atoms with Crippen LogP contribution >= 0.6 is 15.8 Å². The Balaban J connectivity index is 0.000000279. The third-order valence-corrected chi connectivity index (χ3v) is 21.5. The first-order chi connectivity index (χ1) is 28.0. The molecule has 7 rings (SSSR count). The largest absolute Gasteiger partial charge is 2.00 e. The number of ketones is 1. The van der Waals surface area contributed by atoms with Crippen molar-refractivity contribution in [1.82, 2.24) is 0 Å². The van der Waals surface area contributed by atoms with Crippen molar-refractivity contribution in [3.8, 4) is 0 Å². The molecule has 0 aliphatic heterocycles. The molecule has 1 aromatic carbocycles. The van der Waals surface area contributed by atoms with Crippen molar-refractivity contribution in [2.75, 3.05) is 0 Å². The Labute approximate surface area is 374 Å². The summed E-state index contributed by atoms with van der Waals surface area (Å²) in [6.45, 7) is 8.07. The molecule has 1 N–H and O–H groups in total. The van der Waals surface area contributed by atoms with Gasteiger partial charge in [-0.1, -0.05) is 150 Å². The van der Waals surface area contributed by atoms with E-state index in [4.69, 9.17) is 11.7 Å². The predicted octanol–water partition coefficient (Wildman–Crippen LogP) is 17.4. The first-order valence-corrected chi connectivity index (χ1v) is 27.0. The van der Waals surface area contributed by atoms with E-state index in [1.54, 1.807) is 160 Å². The van der Waals surface area contributed by atoms with Crippen molar-refractivity contribution < 1.29 is 46.6 Å². The fourth-order valence-corrected chi connectivity index (χ4v) is 20.3. The maximum Gasteiger partial charge on any atom is 2.00 e. The van der Waals surface area contributed by atoms with Crippen LogP contribution in [-0.4, -0.2) is 52.1 Å². The summed E-state index contributed by atoms with van der Waals surface area (Å²) < 4.78 is 39.0. The van der Waals surface area contributed by atoms with Crippen LogP contribution in [0.2, 0.25) is 0 Å². The molecule has 0 spiro atoms. The monoisotopic (exact) mass is 953 g/mol. The Morgan fingerprint density at radius 1 is 0.525 bits per heavy atom. The van der Waals surface area contributed by atoms with Crippen LogP contribution in [0.3, 0.4) is 0 Å². The number of hydrogen-bond donors (Lipinski definition) is 1. The molecule has 6 saturated carbocycles. The molecule has 0 atom stereocenters. The summed E-state index contributed by atoms with van der Waals surface area (Å²) in [7, 11) is -5.23.